The normalized spacial score (nSPS) is 14.1. The van der Waals surface area contributed by atoms with Crippen molar-refractivity contribution in [2.45, 2.75) is 33.0 Å². The molecule has 88 valence electrons. The minimum atomic E-state index is -1.63. The molecule has 1 N–H and O–H groups in total. The van der Waals surface area contributed by atoms with Gasteiger partial charge in [-0.3, -0.25) is 9.78 Å². The van der Waals surface area contributed by atoms with E-state index in [1.165, 1.54) is 6.92 Å². The molecular formula is C8H14O7. The summed E-state index contributed by atoms with van der Waals surface area (Å²) in [6.45, 7) is 4.27. The van der Waals surface area contributed by atoms with Crippen LogP contribution in [-0.2, 0) is 29.1 Å². The van der Waals surface area contributed by atoms with Gasteiger partial charge in [0.05, 0.1) is 0 Å². The van der Waals surface area contributed by atoms with Gasteiger partial charge >= 0.3 is 11.9 Å². The number of rotatable bonds is 6. The van der Waals surface area contributed by atoms with Gasteiger partial charge in [0.2, 0.25) is 0 Å². The lowest BCUT2D eigenvalue weighted by molar-refractivity contribution is -0.459. The van der Waals surface area contributed by atoms with Crippen molar-refractivity contribution in [2.24, 2.45) is 0 Å². The Balaban J connectivity index is 3.77. The molecular weight excluding hydrogens is 208 g/mol. The second kappa shape index (κ2) is 6.33. The third-order valence-electron chi connectivity index (χ3n) is 1.21. The Morgan fingerprint density at radius 3 is 2.40 bits per heavy atom. The summed E-state index contributed by atoms with van der Waals surface area (Å²) in [5, 5.41) is 13.2. The monoisotopic (exact) mass is 222 g/mol. The van der Waals surface area contributed by atoms with Crippen LogP contribution in [0.3, 0.4) is 0 Å². The van der Waals surface area contributed by atoms with Crippen molar-refractivity contribution < 1.29 is 34.2 Å². The topological polar surface area (TPSA) is 91.3 Å². The summed E-state index contributed by atoms with van der Waals surface area (Å²) in [5.74, 6) is -3.32. The number of ether oxygens (including phenoxy) is 1. The van der Waals surface area contributed by atoms with Crippen molar-refractivity contribution >= 4 is 11.9 Å². The third kappa shape index (κ3) is 7.86. The van der Waals surface area contributed by atoms with Crippen LogP contribution in [0.15, 0.2) is 0 Å². The minimum Gasteiger partial charge on any atom is -0.365 e. The molecule has 0 aromatic rings. The summed E-state index contributed by atoms with van der Waals surface area (Å²) in [6, 6.07) is 0. The van der Waals surface area contributed by atoms with Crippen LogP contribution in [0.25, 0.3) is 0 Å². The van der Waals surface area contributed by atoms with E-state index in [9.17, 15) is 14.7 Å². The molecule has 0 aliphatic carbocycles. The van der Waals surface area contributed by atoms with E-state index in [0.717, 1.165) is 6.92 Å². The summed E-state index contributed by atoms with van der Waals surface area (Å²) in [6.07, 6.45) is -0.442. The fourth-order valence-electron chi connectivity index (χ4n) is 0.762. The quantitative estimate of drug-likeness (QED) is 0.386. The maximum Gasteiger partial charge on any atom is 0.352 e. The van der Waals surface area contributed by atoms with Gasteiger partial charge in [-0.05, 0) is 13.8 Å². The molecule has 0 bridgehead atoms. The van der Waals surface area contributed by atoms with Gasteiger partial charge in [-0.15, -0.1) is 0 Å². The van der Waals surface area contributed by atoms with Crippen LogP contribution in [0.4, 0.5) is 0 Å². The summed E-state index contributed by atoms with van der Waals surface area (Å²) in [5.41, 5.74) is 0. The van der Waals surface area contributed by atoms with Crippen LogP contribution >= 0.6 is 0 Å². The summed E-state index contributed by atoms with van der Waals surface area (Å²) >= 11 is 0. The van der Waals surface area contributed by atoms with Crippen molar-refractivity contribution in [2.75, 3.05) is 6.61 Å². The zero-order valence-electron chi connectivity index (χ0n) is 8.81. The molecule has 15 heavy (non-hydrogen) atoms. The first-order chi connectivity index (χ1) is 6.87. The highest BCUT2D eigenvalue weighted by Crippen LogP contribution is 2.11. The third-order valence-corrected chi connectivity index (χ3v) is 1.21. The van der Waals surface area contributed by atoms with Gasteiger partial charge in [0.25, 0.3) is 0 Å². The van der Waals surface area contributed by atoms with Gasteiger partial charge in [-0.1, -0.05) is 0 Å². The van der Waals surface area contributed by atoms with E-state index in [0.29, 0.717) is 0 Å². The van der Waals surface area contributed by atoms with E-state index in [2.05, 4.69) is 14.8 Å². The molecule has 1 unspecified atom stereocenters. The predicted molar refractivity (Wildman–Crippen MR) is 45.8 cm³/mol. The molecule has 0 saturated carbocycles. The zero-order chi connectivity index (χ0) is 11.9. The summed E-state index contributed by atoms with van der Waals surface area (Å²) in [7, 11) is 0. The van der Waals surface area contributed by atoms with Crippen LogP contribution in [0.1, 0.15) is 27.2 Å². The van der Waals surface area contributed by atoms with Crippen LogP contribution in [0.5, 0.6) is 0 Å². The number of hydrogen-bond donors (Lipinski definition) is 1. The van der Waals surface area contributed by atoms with Crippen LogP contribution in [-0.4, -0.2) is 29.4 Å². The van der Waals surface area contributed by atoms with Gasteiger partial charge in [0, 0.05) is 18.6 Å². The number of aliphatic hydroxyl groups is 1. The van der Waals surface area contributed by atoms with Gasteiger partial charge in [-0.2, -0.15) is 0 Å². The fraction of sp³-hybridized carbons (Fsp3) is 0.750. The van der Waals surface area contributed by atoms with Crippen molar-refractivity contribution in [3.05, 3.63) is 0 Å². The molecule has 0 aromatic carbocycles. The summed E-state index contributed by atoms with van der Waals surface area (Å²) < 4.78 is 4.82. The van der Waals surface area contributed by atoms with Crippen molar-refractivity contribution in [3.8, 4) is 0 Å². The first kappa shape index (κ1) is 13.8. The van der Waals surface area contributed by atoms with Crippen LogP contribution in [0.2, 0.25) is 0 Å². The summed E-state index contributed by atoms with van der Waals surface area (Å²) in [4.78, 5) is 29.0. The Morgan fingerprint density at radius 1 is 1.33 bits per heavy atom. The standard InChI is InChI=1S/C8H14O7/c1-4-12-8(3,11)5-7(10)14-15-13-6(2)9/h11H,4-5H2,1-3H3. The second-order valence-electron chi connectivity index (χ2n) is 2.88. The highest BCUT2D eigenvalue weighted by molar-refractivity contribution is 5.69. The maximum absolute atomic E-state index is 10.9. The van der Waals surface area contributed by atoms with E-state index >= 15 is 0 Å². The second-order valence-corrected chi connectivity index (χ2v) is 2.88. The Morgan fingerprint density at radius 2 is 1.93 bits per heavy atom. The number of carbonyl (C=O) groups excluding carboxylic acids is 2. The molecule has 0 aliphatic rings. The van der Waals surface area contributed by atoms with Crippen LogP contribution in [0, 0.1) is 0 Å². The highest BCUT2D eigenvalue weighted by Gasteiger charge is 2.26. The Labute approximate surface area is 86.7 Å². The van der Waals surface area contributed by atoms with Crippen LogP contribution < -0.4 is 0 Å². The Kier molecular flexibility index (Phi) is 5.83. The molecule has 0 fully saturated rings. The lowest BCUT2D eigenvalue weighted by Gasteiger charge is -2.20. The molecule has 1 atom stereocenters. The smallest absolute Gasteiger partial charge is 0.352 e. The van der Waals surface area contributed by atoms with E-state index < -0.39 is 24.1 Å². The minimum absolute atomic E-state index is 0.241. The SMILES string of the molecule is CCOC(C)(O)CC(=O)OOOC(C)=O. The molecule has 0 saturated heterocycles. The van der Waals surface area contributed by atoms with Gasteiger partial charge < -0.3 is 9.84 Å². The van der Waals surface area contributed by atoms with Crippen molar-refractivity contribution in [1.29, 1.82) is 0 Å². The largest absolute Gasteiger partial charge is 0.365 e. The highest BCUT2D eigenvalue weighted by atomic mass is 17.5. The van der Waals surface area contributed by atoms with E-state index in [1.807, 2.05) is 0 Å². The zero-order valence-corrected chi connectivity index (χ0v) is 8.81. The maximum atomic E-state index is 10.9. The predicted octanol–water partition coefficient (Wildman–Crippen LogP) is 0.0744. The molecule has 0 aliphatic heterocycles. The Hall–Kier alpha value is -1.18. The van der Waals surface area contributed by atoms with Gasteiger partial charge in [-0.25, -0.2) is 9.59 Å². The molecule has 0 radical (unpaired) electrons. The molecule has 7 nitrogen and oxygen atoms in total. The molecule has 0 spiro atoms. The lowest BCUT2D eigenvalue weighted by atomic mass is 10.2. The van der Waals surface area contributed by atoms with E-state index in [4.69, 9.17) is 4.74 Å². The molecule has 0 heterocycles. The van der Waals surface area contributed by atoms with E-state index in [1.54, 1.807) is 6.92 Å². The van der Waals surface area contributed by atoms with Gasteiger partial charge in [0.15, 0.2) is 5.79 Å². The molecule has 0 rings (SSSR count). The van der Waals surface area contributed by atoms with Gasteiger partial charge in [0.1, 0.15) is 6.42 Å². The first-order valence-electron chi connectivity index (χ1n) is 4.28. The average Bonchev–Trinajstić information content (AvgIpc) is 2.01. The lowest BCUT2D eigenvalue weighted by Crippen LogP contribution is -2.32. The van der Waals surface area contributed by atoms with E-state index in [-0.39, 0.29) is 6.61 Å². The first-order valence-corrected chi connectivity index (χ1v) is 4.28. The molecule has 0 amide bonds. The number of carbonyl (C=O) groups is 2. The van der Waals surface area contributed by atoms with Crippen molar-refractivity contribution in [3.63, 3.8) is 0 Å². The Bertz CT molecular complexity index is 223. The molecule has 7 heteroatoms. The number of hydrogen-bond acceptors (Lipinski definition) is 7. The fourth-order valence-corrected chi connectivity index (χ4v) is 0.762. The molecule has 0 aromatic heterocycles. The average molecular weight is 222 g/mol. The van der Waals surface area contributed by atoms with Crippen molar-refractivity contribution in [1.82, 2.24) is 0 Å².